The van der Waals surface area contributed by atoms with Crippen molar-refractivity contribution in [2.24, 2.45) is 0 Å². The molecule has 4 atom stereocenters. The molecular weight excluding hydrogens is 260 g/mol. The molecule has 5 nitrogen and oxygen atoms in total. The van der Waals surface area contributed by atoms with Gasteiger partial charge in [-0.1, -0.05) is 30.3 Å². The Kier molecular flexibility index (Phi) is 3.79. The van der Waals surface area contributed by atoms with Crippen LogP contribution in [0.25, 0.3) is 0 Å². The predicted molar refractivity (Wildman–Crippen MR) is 70.8 cm³/mol. The summed E-state index contributed by atoms with van der Waals surface area (Å²) >= 11 is 0. The molecule has 0 aromatic heterocycles. The Bertz CT molecular complexity index is 447. The molecule has 2 saturated heterocycles. The molecule has 0 amide bonds. The fourth-order valence-electron chi connectivity index (χ4n) is 2.56. The molecule has 2 aliphatic rings. The number of fused-ring (bicyclic) bond motifs is 1. The quantitative estimate of drug-likeness (QED) is 0.904. The van der Waals surface area contributed by atoms with Crippen molar-refractivity contribution in [1.82, 2.24) is 0 Å². The second-order valence-electron chi connectivity index (χ2n) is 5.63. The van der Waals surface area contributed by atoms with Crippen LogP contribution in [0.1, 0.15) is 19.4 Å². The lowest BCUT2D eigenvalue weighted by Crippen LogP contribution is -2.36. The first kappa shape index (κ1) is 14.0. The molecular formula is C15H20O5. The Morgan fingerprint density at radius 3 is 2.65 bits per heavy atom. The lowest BCUT2D eigenvalue weighted by Gasteiger charge is -2.22. The van der Waals surface area contributed by atoms with E-state index in [0.29, 0.717) is 13.2 Å². The number of hydrogen-bond acceptors (Lipinski definition) is 5. The van der Waals surface area contributed by atoms with E-state index >= 15 is 0 Å². The van der Waals surface area contributed by atoms with E-state index in [4.69, 9.17) is 18.9 Å². The highest BCUT2D eigenvalue weighted by Crippen LogP contribution is 2.37. The SMILES string of the molecule is CC1(C)O[C@H]2O[C@H](COCc3ccccc3)[C@@H](O)[C@H]2O1. The third-order valence-corrected chi connectivity index (χ3v) is 3.51. The number of aliphatic hydroxyl groups excluding tert-OH is 1. The van der Waals surface area contributed by atoms with Gasteiger partial charge in [0.05, 0.1) is 13.2 Å². The first-order chi connectivity index (χ1) is 9.55. The van der Waals surface area contributed by atoms with Gasteiger partial charge in [0.2, 0.25) is 0 Å². The molecule has 0 saturated carbocycles. The van der Waals surface area contributed by atoms with Crippen LogP contribution in [0.4, 0.5) is 0 Å². The smallest absolute Gasteiger partial charge is 0.190 e. The summed E-state index contributed by atoms with van der Waals surface area (Å²) in [5.74, 6) is -0.702. The summed E-state index contributed by atoms with van der Waals surface area (Å²) in [5, 5.41) is 10.2. The van der Waals surface area contributed by atoms with Gasteiger partial charge in [-0.25, -0.2) is 0 Å². The van der Waals surface area contributed by atoms with Crippen LogP contribution >= 0.6 is 0 Å². The maximum atomic E-state index is 10.2. The van der Waals surface area contributed by atoms with Gasteiger partial charge in [0.15, 0.2) is 12.1 Å². The zero-order valence-electron chi connectivity index (χ0n) is 11.7. The minimum absolute atomic E-state index is 0.316. The van der Waals surface area contributed by atoms with Crippen LogP contribution in [-0.2, 0) is 25.6 Å². The zero-order valence-corrected chi connectivity index (χ0v) is 11.7. The van der Waals surface area contributed by atoms with Crippen molar-refractivity contribution in [3.05, 3.63) is 35.9 Å². The van der Waals surface area contributed by atoms with E-state index in [-0.39, 0.29) is 0 Å². The molecule has 0 radical (unpaired) electrons. The van der Waals surface area contributed by atoms with Gasteiger partial charge >= 0.3 is 0 Å². The minimum atomic E-state index is -0.724. The standard InChI is InChI=1S/C15H20O5/c1-15(2)19-13-12(16)11(18-14(13)20-15)9-17-8-10-6-4-3-5-7-10/h3-7,11-14,16H,8-9H2,1-2H3/t11-,12-,13-,14-/m1/s1. The van der Waals surface area contributed by atoms with Gasteiger partial charge in [0.1, 0.15) is 18.3 Å². The van der Waals surface area contributed by atoms with E-state index in [1.54, 1.807) is 0 Å². The van der Waals surface area contributed by atoms with Crippen molar-refractivity contribution >= 4 is 0 Å². The maximum absolute atomic E-state index is 10.2. The fraction of sp³-hybridized carbons (Fsp3) is 0.600. The highest BCUT2D eigenvalue weighted by Gasteiger charge is 2.54. The summed E-state index contributed by atoms with van der Waals surface area (Å²) in [5.41, 5.74) is 1.09. The molecule has 2 aliphatic heterocycles. The monoisotopic (exact) mass is 280 g/mol. The molecule has 2 heterocycles. The van der Waals surface area contributed by atoms with Crippen molar-refractivity contribution in [2.75, 3.05) is 6.61 Å². The van der Waals surface area contributed by atoms with Gasteiger partial charge in [-0.3, -0.25) is 0 Å². The zero-order chi connectivity index (χ0) is 14.2. The van der Waals surface area contributed by atoms with Crippen LogP contribution in [0.3, 0.4) is 0 Å². The van der Waals surface area contributed by atoms with Crippen LogP contribution < -0.4 is 0 Å². The van der Waals surface area contributed by atoms with Gasteiger partial charge in [-0.05, 0) is 19.4 Å². The highest BCUT2D eigenvalue weighted by atomic mass is 16.8. The van der Waals surface area contributed by atoms with Gasteiger partial charge in [-0.15, -0.1) is 0 Å². The number of rotatable bonds is 4. The molecule has 3 rings (SSSR count). The average Bonchev–Trinajstić information content (AvgIpc) is 2.86. The largest absolute Gasteiger partial charge is 0.387 e. The Morgan fingerprint density at radius 2 is 1.95 bits per heavy atom. The van der Waals surface area contributed by atoms with E-state index < -0.39 is 30.4 Å². The van der Waals surface area contributed by atoms with Gasteiger partial charge in [0.25, 0.3) is 0 Å². The molecule has 0 bridgehead atoms. The Balaban J connectivity index is 1.49. The molecule has 2 fully saturated rings. The van der Waals surface area contributed by atoms with Crippen molar-refractivity contribution in [3.63, 3.8) is 0 Å². The van der Waals surface area contributed by atoms with Crippen molar-refractivity contribution in [2.45, 2.75) is 50.8 Å². The normalized spacial score (nSPS) is 35.1. The molecule has 5 heteroatoms. The fourth-order valence-corrected chi connectivity index (χ4v) is 2.56. The molecule has 0 spiro atoms. The Hall–Kier alpha value is -0.980. The Labute approximate surface area is 118 Å². The third kappa shape index (κ3) is 2.87. The van der Waals surface area contributed by atoms with E-state index in [2.05, 4.69) is 0 Å². The molecule has 1 aromatic carbocycles. The molecule has 110 valence electrons. The second kappa shape index (κ2) is 5.42. The summed E-state index contributed by atoms with van der Waals surface area (Å²) in [6.45, 7) is 4.43. The summed E-state index contributed by atoms with van der Waals surface area (Å²) in [7, 11) is 0. The van der Waals surface area contributed by atoms with Crippen LogP contribution in [0.15, 0.2) is 30.3 Å². The van der Waals surface area contributed by atoms with Crippen molar-refractivity contribution in [3.8, 4) is 0 Å². The number of ether oxygens (including phenoxy) is 4. The molecule has 20 heavy (non-hydrogen) atoms. The summed E-state index contributed by atoms with van der Waals surface area (Å²) in [6.07, 6.45) is -2.08. The van der Waals surface area contributed by atoms with E-state index in [9.17, 15) is 5.11 Å². The van der Waals surface area contributed by atoms with Gasteiger partial charge in [0, 0.05) is 0 Å². The minimum Gasteiger partial charge on any atom is -0.387 e. The van der Waals surface area contributed by atoms with Crippen LogP contribution in [0.2, 0.25) is 0 Å². The van der Waals surface area contributed by atoms with E-state index in [1.165, 1.54) is 0 Å². The molecule has 0 aliphatic carbocycles. The van der Waals surface area contributed by atoms with Gasteiger partial charge < -0.3 is 24.1 Å². The molecule has 1 aromatic rings. The summed E-state index contributed by atoms with van der Waals surface area (Å²) in [6, 6.07) is 9.89. The van der Waals surface area contributed by atoms with Crippen LogP contribution in [-0.4, -0.2) is 42.1 Å². The molecule has 1 N–H and O–H groups in total. The van der Waals surface area contributed by atoms with Crippen molar-refractivity contribution in [1.29, 1.82) is 0 Å². The van der Waals surface area contributed by atoms with Crippen molar-refractivity contribution < 1.29 is 24.1 Å². The van der Waals surface area contributed by atoms with E-state index in [0.717, 1.165) is 5.56 Å². The number of benzene rings is 1. The number of aliphatic hydroxyl groups is 1. The Morgan fingerprint density at radius 1 is 1.20 bits per heavy atom. The maximum Gasteiger partial charge on any atom is 0.190 e. The lowest BCUT2D eigenvalue weighted by atomic mass is 10.1. The van der Waals surface area contributed by atoms with E-state index in [1.807, 2.05) is 44.2 Å². The van der Waals surface area contributed by atoms with Crippen LogP contribution in [0.5, 0.6) is 0 Å². The average molecular weight is 280 g/mol. The lowest BCUT2D eigenvalue weighted by molar-refractivity contribution is -0.220. The van der Waals surface area contributed by atoms with Gasteiger partial charge in [-0.2, -0.15) is 0 Å². The predicted octanol–water partition coefficient (Wildman–Crippen LogP) is 1.44. The second-order valence-corrected chi connectivity index (χ2v) is 5.63. The summed E-state index contributed by atoms with van der Waals surface area (Å²) in [4.78, 5) is 0. The third-order valence-electron chi connectivity index (χ3n) is 3.51. The van der Waals surface area contributed by atoms with Crippen LogP contribution in [0, 0.1) is 0 Å². The topological polar surface area (TPSA) is 57.2 Å². The highest BCUT2D eigenvalue weighted by molar-refractivity contribution is 5.13. The first-order valence-corrected chi connectivity index (χ1v) is 6.86. The number of hydrogen-bond donors (Lipinski definition) is 1. The molecule has 0 unspecified atom stereocenters. The summed E-state index contributed by atoms with van der Waals surface area (Å²) < 4.78 is 22.4. The first-order valence-electron chi connectivity index (χ1n) is 6.86.